The van der Waals surface area contributed by atoms with Crippen molar-refractivity contribution >= 4 is 5.97 Å². The number of hydrogen-bond acceptors (Lipinski definition) is 3. The van der Waals surface area contributed by atoms with Gasteiger partial charge in [0.25, 0.3) is 0 Å². The summed E-state index contributed by atoms with van der Waals surface area (Å²) in [6.45, 7) is 0.139. The Bertz CT molecular complexity index is 145. The largest absolute Gasteiger partial charge is 0.480 e. The summed E-state index contributed by atoms with van der Waals surface area (Å²) >= 11 is 0. The van der Waals surface area contributed by atoms with Gasteiger partial charge in [-0.1, -0.05) is 0 Å². The molecular weight excluding hydrogens is 146 g/mol. The van der Waals surface area contributed by atoms with Gasteiger partial charge in [0, 0.05) is 0 Å². The summed E-state index contributed by atoms with van der Waals surface area (Å²) < 4.78 is 5.20. The van der Waals surface area contributed by atoms with E-state index < -0.39 is 12.0 Å². The molecule has 11 heavy (non-hydrogen) atoms. The number of aliphatic carboxylic acids is 1. The van der Waals surface area contributed by atoms with Gasteiger partial charge < -0.3 is 15.6 Å². The van der Waals surface area contributed by atoms with E-state index in [0.717, 1.165) is 12.8 Å². The van der Waals surface area contributed by atoms with Crippen LogP contribution in [0.5, 0.6) is 0 Å². The fourth-order valence-corrected chi connectivity index (χ4v) is 0.848. The maximum Gasteiger partial charge on any atom is 0.322 e. The molecule has 0 radical (unpaired) electrons. The number of hydrogen-bond donors (Lipinski definition) is 2. The van der Waals surface area contributed by atoms with Crippen LogP contribution in [0.1, 0.15) is 19.3 Å². The molecule has 1 rings (SSSR count). The number of nitrogens with two attached hydrogens (primary N) is 1. The van der Waals surface area contributed by atoms with Crippen molar-refractivity contribution in [1.82, 2.24) is 0 Å². The average Bonchev–Trinajstić information content (AvgIpc) is 1.83. The normalized spacial score (nSPS) is 20.8. The molecule has 0 aromatic rings. The molecule has 1 atom stereocenters. The smallest absolute Gasteiger partial charge is 0.322 e. The zero-order chi connectivity index (χ0) is 8.27. The van der Waals surface area contributed by atoms with Gasteiger partial charge >= 0.3 is 5.97 Å². The van der Waals surface area contributed by atoms with Crippen LogP contribution in [-0.2, 0) is 9.53 Å². The summed E-state index contributed by atoms with van der Waals surface area (Å²) in [5.41, 5.74) is 5.22. The second kappa shape index (κ2) is 3.69. The van der Waals surface area contributed by atoms with Gasteiger partial charge in [-0.15, -0.1) is 0 Å². The van der Waals surface area contributed by atoms with Crippen molar-refractivity contribution < 1.29 is 14.6 Å². The molecule has 4 heteroatoms. The number of carbonyl (C=O) groups is 1. The Morgan fingerprint density at radius 2 is 2.36 bits per heavy atom. The van der Waals surface area contributed by atoms with Gasteiger partial charge in [-0.25, -0.2) is 0 Å². The maximum absolute atomic E-state index is 10.2. The third-order valence-electron chi connectivity index (χ3n) is 1.88. The highest BCUT2D eigenvalue weighted by atomic mass is 16.5. The standard InChI is InChI=1S/C7H13NO3/c8-6(7(9)10)4-11-5-2-1-3-5/h5-6H,1-4,8H2,(H,9,10)/t6-/m1/s1. The van der Waals surface area contributed by atoms with Crippen molar-refractivity contribution in [3.05, 3.63) is 0 Å². The van der Waals surface area contributed by atoms with E-state index in [1.165, 1.54) is 6.42 Å². The topological polar surface area (TPSA) is 72.5 Å². The van der Waals surface area contributed by atoms with Crippen molar-refractivity contribution in [1.29, 1.82) is 0 Å². The summed E-state index contributed by atoms with van der Waals surface area (Å²) in [6.07, 6.45) is 3.55. The van der Waals surface area contributed by atoms with Gasteiger partial charge in [-0.2, -0.15) is 0 Å². The van der Waals surface area contributed by atoms with E-state index in [2.05, 4.69) is 0 Å². The van der Waals surface area contributed by atoms with Gasteiger partial charge in [-0.05, 0) is 19.3 Å². The Labute approximate surface area is 65.3 Å². The zero-order valence-electron chi connectivity index (χ0n) is 6.32. The van der Waals surface area contributed by atoms with Gasteiger partial charge in [0.1, 0.15) is 6.04 Å². The monoisotopic (exact) mass is 159 g/mol. The molecule has 0 aromatic carbocycles. The van der Waals surface area contributed by atoms with E-state index in [0.29, 0.717) is 0 Å². The minimum Gasteiger partial charge on any atom is -0.480 e. The lowest BCUT2D eigenvalue weighted by molar-refractivity contribution is -0.141. The van der Waals surface area contributed by atoms with Crippen LogP contribution in [0.4, 0.5) is 0 Å². The lowest BCUT2D eigenvalue weighted by atomic mass is 9.96. The van der Waals surface area contributed by atoms with Crippen molar-refractivity contribution in [3.8, 4) is 0 Å². The SMILES string of the molecule is N[C@H](COC1CCC1)C(=O)O. The van der Waals surface area contributed by atoms with Gasteiger partial charge in [0.15, 0.2) is 0 Å². The number of carboxylic acids is 1. The van der Waals surface area contributed by atoms with E-state index >= 15 is 0 Å². The fourth-order valence-electron chi connectivity index (χ4n) is 0.848. The van der Waals surface area contributed by atoms with Crippen LogP contribution < -0.4 is 5.73 Å². The molecule has 0 aliphatic heterocycles. The third kappa shape index (κ3) is 2.48. The first-order chi connectivity index (χ1) is 5.20. The van der Waals surface area contributed by atoms with E-state index in [1.54, 1.807) is 0 Å². The quantitative estimate of drug-likeness (QED) is 0.604. The lowest BCUT2D eigenvalue weighted by Gasteiger charge is -2.26. The van der Waals surface area contributed by atoms with Crippen LogP contribution in [0.25, 0.3) is 0 Å². The molecule has 0 spiro atoms. The molecule has 1 aliphatic rings. The highest BCUT2D eigenvalue weighted by Gasteiger charge is 2.20. The first kappa shape index (κ1) is 8.49. The Balaban J connectivity index is 2.05. The molecule has 0 heterocycles. The van der Waals surface area contributed by atoms with E-state index in [1.807, 2.05) is 0 Å². The first-order valence-corrected chi connectivity index (χ1v) is 3.80. The molecule has 0 bridgehead atoms. The van der Waals surface area contributed by atoms with Crippen LogP contribution in [0.2, 0.25) is 0 Å². The molecule has 0 aromatic heterocycles. The molecule has 1 fully saturated rings. The number of carboxylic acid groups (broad SMARTS) is 1. The average molecular weight is 159 g/mol. The third-order valence-corrected chi connectivity index (χ3v) is 1.88. The van der Waals surface area contributed by atoms with Gasteiger partial charge in [0.05, 0.1) is 12.7 Å². The van der Waals surface area contributed by atoms with Crippen molar-refractivity contribution in [3.63, 3.8) is 0 Å². The van der Waals surface area contributed by atoms with Crippen LogP contribution in [0.15, 0.2) is 0 Å². The second-order valence-electron chi connectivity index (χ2n) is 2.83. The predicted octanol–water partition coefficient (Wildman–Crippen LogP) is -0.0326. The molecule has 4 nitrogen and oxygen atoms in total. The first-order valence-electron chi connectivity index (χ1n) is 3.80. The summed E-state index contributed by atoms with van der Waals surface area (Å²) in [7, 11) is 0. The maximum atomic E-state index is 10.2. The highest BCUT2D eigenvalue weighted by Crippen LogP contribution is 2.21. The minimum absolute atomic E-state index is 0.139. The summed E-state index contributed by atoms with van der Waals surface area (Å²) in [5, 5.41) is 8.38. The van der Waals surface area contributed by atoms with Crippen LogP contribution >= 0.6 is 0 Å². The Kier molecular flexibility index (Phi) is 2.84. The van der Waals surface area contributed by atoms with E-state index in [4.69, 9.17) is 15.6 Å². The van der Waals surface area contributed by atoms with E-state index in [9.17, 15) is 4.79 Å². The van der Waals surface area contributed by atoms with Crippen LogP contribution in [0, 0.1) is 0 Å². The second-order valence-corrected chi connectivity index (χ2v) is 2.83. The lowest BCUT2D eigenvalue weighted by Crippen LogP contribution is -2.37. The fraction of sp³-hybridized carbons (Fsp3) is 0.857. The van der Waals surface area contributed by atoms with Crippen molar-refractivity contribution in [2.75, 3.05) is 6.61 Å². The molecular formula is C7H13NO3. The van der Waals surface area contributed by atoms with Gasteiger partial charge in [-0.3, -0.25) is 4.79 Å². The van der Waals surface area contributed by atoms with Crippen molar-refractivity contribution in [2.24, 2.45) is 5.73 Å². The van der Waals surface area contributed by atoms with Gasteiger partial charge in [0.2, 0.25) is 0 Å². The summed E-state index contributed by atoms with van der Waals surface area (Å²) in [6, 6.07) is -0.865. The molecule has 0 amide bonds. The molecule has 1 aliphatic carbocycles. The van der Waals surface area contributed by atoms with Crippen LogP contribution in [0.3, 0.4) is 0 Å². The van der Waals surface area contributed by atoms with Crippen LogP contribution in [-0.4, -0.2) is 29.8 Å². The number of ether oxygens (including phenoxy) is 1. The molecule has 1 saturated carbocycles. The van der Waals surface area contributed by atoms with E-state index in [-0.39, 0.29) is 12.7 Å². The highest BCUT2D eigenvalue weighted by molar-refractivity contribution is 5.73. The Hall–Kier alpha value is -0.610. The molecule has 3 N–H and O–H groups in total. The Morgan fingerprint density at radius 3 is 2.73 bits per heavy atom. The summed E-state index contributed by atoms with van der Waals surface area (Å²) in [4.78, 5) is 10.2. The molecule has 0 saturated heterocycles. The minimum atomic E-state index is -0.996. The molecule has 64 valence electrons. The Morgan fingerprint density at radius 1 is 1.73 bits per heavy atom. The zero-order valence-corrected chi connectivity index (χ0v) is 6.32. The predicted molar refractivity (Wildman–Crippen MR) is 39.2 cm³/mol. The molecule has 0 unspecified atom stereocenters. The number of rotatable bonds is 4. The van der Waals surface area contributed by atoms with Crippen molar-refractivity contribution in [2.45, 2.75) is 31.4 Å². The summed E-state index contributed by atoms with van der Waals surface area (Å²) in [5.74, 6) is -0.996.